The maximum absolute atomic E-state index is 12.4. The van der Waals surface area contributed by atoms with Crippen LogP contribution in [0.2, 0.25) is 0 Å². The normalized spacial score (nSPS) is 10.9. The van der Waals surface area contributed by atoms with Crippen LogP contribution in [0.1, 0.15) is 38.1 Å². The standard InChI is InChI=1S/C15H13BN2O8S/c1-8(19)11-7-10(2-3-12(11)16(23)24)27(25,26)18-14(20)13-6-9(15(21)22)4-5-17-13/h2-7,23-24H,1H3,(H,18,20)(H,21,22). The van der Waals surface area contributed by atoms with Gasteiger partial charge in [-0.1, -0.05) is 6.07 Å². The number of amides is 1. The second kappa shape index (κ2) is 7.66. The second-order valence-corrected chi connectivity index (χ2v) is 7.03. The summed E-state index contributed by atoms with van der Waals surface area (Å²) in [5, 5.41) is 27.4. The Morgan fingerprint density at radius 3 is 2.33 bits per heavy atom. The number of aromatic carboxylic acids is 1. The van der Waals surface area contributed by atoms with Crippen molar-refractivity contribution < 1.29 is 38.0 Å². The number of carbonyl (C=O) groups is 3. The lowest BCUT2D eigenvalue weighted by Crippen LogP contribution is -2.36. The van der Waals surface area contributed by atoms with Crippen molar-refractivity contribution >= 4 is 40.3 Å². The van der Waals surface area contributed by atoms with Crippen LogP contribution in [0.5, 0.6) is 0 Å². The van der Waals surface area contributed by atoms with Crippen LogP contribution in [-0.2, 0) is 10.0 Å². The third-order valence-electron chi connectivity index (χ3n) is 3.46. The molecule has 0 saturated heterocycles. The SMILES string of the molecule is CC(=O)c1cc(S(=O)(=O)NC(=O)c2cc(C(=O)O)ccn2)ccc1B(O)O. The number of nitrogens with one attached hydrogen (secondary N) is 1. The van der Waals surface area contributed by atoms with Crippen LogP contribution in [0.25, 0.3) is 0 Å². The first-order valence-electron chi connectivity index (χ1n) is 7.30. The molecule has 1 heterocycles. The molecule has 0 radical (unpaired) electrons. The van der Waals surface area contributed by atoms with E-state index in [0.29, 0.717) is 0 Å². The largest absolute Gasteiger partial charge is 0.489 e. The van der Waals surface area contributed by atoms with Gasteiger partial charge in [0, 0.05) is 11.8 Å². The van der Waals surface area contributed by atoms with Gasteiger partial charge in [-0.15, -0.1) is 0 Å². The van der Waals surface area contributed by atoms with Crippen LogP contribution in [0.3, 0.4) is 0 Å². The van der Waals surface area contributed by atoms with Gasteiger partial charge in [0.15, 0.2) is 5.78 Å². The minimum absolute atomic E-state index is 0.191. The summed E-state index contributed by atoms with van der Waals surface area (Å²) >= 11 is 0. The van der Waals surface area contributed by atoms with Crippen LogP contribution in [0, 0.1) is 0 Å². The molecule has 10 nitrogen and oxygen atoms in total. The lowest BCUT2D eigenvalue weighted by molar-refractivity contribution is 0.0696. The van der Waals surface area contributed by atoms with E-state index in [9.17, 15) is 32.8 Å². The Bertz CT molecular complexity index is 1040. The van der Waals surface area contributed by atoms with Crippen LogP contribution in [0.4, 0.5) is 0 Å². The number of sulfonamides is 1. The predicted molar refractivity (Wildman–Crippen MR) is 92.1 cm³/mol. The molecular weight excluding hydrogens is 379 g/mol. The van der Waals surface area contributed by atoms with Crippen molar-refractivity contribution in [3.8, 4) is 0 Å². The van der Waals surface area contributed by atoms with Crippen LogP contribution < -0.4 is 10.2 Å². The summed E-state index contributed by atoms with van der Waals surface area (Å²) in [4.78, 5) is 37.8. The van der Waals surface area contributed by atoms with E-state index in [2.05, 4.69) is 4.98 Å². The summed E-state index contributed by atoms with van der Waals surface area (Å²) < 4.78 is 26.5. The zero-order chi connectivity index (χ0) is 20.4. The molecular formula is C15H13BN2O8S. The number of carboxylic acid groups (broad SMARTS) is 1. The van der Waals surface area contributed by atoms with Crippen molar-refractivity contribution in [1.29, 1.82) is 0 Å². The highest BCUT2D eigenvalue weighted by atomic mass is 32.2. The molecule has 0 aliphatic heterocycles. The number of ketones is 1. The predicted octanol–water partition coefficient (Wildman–Crippen LogP) is -1.22. The summed E-state index contributed by atoms with van der Waals surface area (Å²) in [5.41, 5.74) is -1.13. The van der Waals surface area contributed by atoms with Crippen molar-refractivity contribution in [3.05, 3.63) is 53.3 Å². The van der Waals surface area contributed by atoms with E-state index in [4.69, 9.17) is 5.11 Å². The van der Waals surface area contributed by atoms with E-state index in [-0.39, 0.29) is 16.6 Å². The fourth-order valence-electron chi connectivity index (χ4n) is 2.15. The van der Waals surface area contributed by atoms with Crippen LogP contribution >= 0.6 is 0 Å². The average Bonchev–Trinajstić information content (AvgIpc) is 2.60. The molecule has 140 valence electrons. The molecule has 0 aliphatic rings. The molecule has 0 aliphatic carbocycles. The second-order valence-electron chi connectivity index (χ2n) is 5.35. The van der Waals surface area contributed by atoms with E-state index in [1.165, 1.54) is 0 Å². The smallest absolute Gasteiger partial charge is 0.478 e. The topological polar surface area (TPSA) is 171 Å². The lowest BCUT2D eigenvalue weighted by Gasteiger charge is -2.11. The molecule has 1 aromatic heterocycles. The molecule has 12 heteroatoms. The number of hydrogen-bond acceptors (Lipinski definition) is 8. The van der Waals surface area contributed by atoms with Gasteiger partial charge in [0.1, 0.15) is 5.69 Å². The summed E-state index contributed by atoms with van der Waals surface area (Å²) in [6.07, 6.45) is 1.04. The van der Waals surface area contributed by atoms with E-state index in [1.54, 1.807) is 4.72 Å². The molecule has 0 spiro atoms. The molecule has 2 rings (SSSR count). The molecule has 1 amide bonds. The fourth-order valence-corrected chi connectivity index (χ4v) is 3.14. The number of aromatic nitrogens is 1. The monoisotopic (exact) mass is 392 g/mol. The molecule has 0 unspecified atom stereocenters. The maximum atomic E-state index is 12.4. The summed E-state index contributed by atoms with van der Waals surface area (Å²) in [7, 11) is -6.43. The molecule has 1 aromatic carbocycles. The Morgan fingerprint density at radius 2 is 1.78 bits per heavy atom. The first kappa shape index (κ1) is 20.2. The first-order chi connectivity index (χ1) is 12.5. The van der Waals surface area contributed by atoms with Gasteiger partial charge in [0.05, 0.1) is 10.5 Å². The molecule has 0 atom stereocenters. The van der Waals surface area contributed by atoms with Crippen molar-refractivity contribution in [2.45, 2.75) is 11.8 Å². The van der Waals surface area contributed by atoms with E-state index < -0.39 is 45.4 Å². The number of hydrogen-bond donors (Lipinski definition) is 4. The van der Waals surface area contributed by atoms with Gasteiger partial charge in [-0.05, 0) is 36.7 Å². The Hall–Kier alpha value is -3.09. The van der Waals surface area contributed by atoms with Crippen LogP contribution in [-0.4, -0.2) is 53.3 Å². The van der Waals surface area contributed by atoms with Gasteiger partial charge >= 0.3 is 13.1 Å². The van der Waals surface area contributed by atoms with Crippen molar-refractivity contribution in [1.82, 2.24) is 9.71 Å². The third-order valence-corrected chi connectivity index (χ3v) is 4.79. The van der Waals surface area contributed by atoms with Crippen molar-refractivity contribution in [2.75, 3.05) is 0 Å². The van der Waals surface area contributed by atoms with E-state index >= 15 is 0 Å². The Kier molecular flexibility index (Phi) is 5.74. The van der Waals surface area contributed by atoms with Gasteiger partial charge < -0.3 is 15.2 Å². The Morgan fingerprint density at radius 1 is 1.11 bits per heavy atom. The van der Waals surface area contributed by atoms with E-state index in [1.807, 2.05) is 0 Å². The highest BCUT2D eigenvalue weighted by Gasteiger charge is 2.25. The summed E-state index contributed by atoms with van der Waals surface area (Å²) in [5.74, 6) is -3.11. The molecule has 27 heavy (non-hydrogen) atoms. The van der Waals surface area contributed by atoms with Gasteiger partial charge in [0.2, 0.25) is 0 Å². The first-order valence-corrected chi connectivity index (χ1v) is 8.78. The van der Waals surface area contributed by atoms with Crippen molar-refractivity contribution in [3.63, 3.8) is 0 Å². The van der Waals surface area contributed by atoms with Gasteiger partial charge in [0.25, 0.3) is 15.9 Å². The number of carboxylic acids is 1. The molecule has 0 bridgehead atoms. The van der Waals surface area contributed by atoms with E-state index in [0.717, 1.165) is 43.5 Å². The average molecular weight is 392 g/mol. The zero-order valence-electron chi connectivity index (χ0n) is 13.8. The molecule has 2 aromatic rings. The molecule has 0 fully saturated rings. The Balaban J connectivity index is 2.38. The minimum atomic E-state index is -4.44. The number of nitrogens with zero attached hydrogens (tertiary/aromatic N) is 1. The van der Waals surface area contributed by atoms with Gasteiger partial charge in [-0.2, -0.15) is 0 Å². The maximum Gasteiger partial charge on any atom is 0.489 e. The summed E-state index contributed by atoms with van der Waals surface area (Å²) in [6, 6.07) is 4.95. The number of benzene rings is 1. The Labute approximate surface area is 153 Å². The number of Topliss-reactive ketones (excluding diaryl/α,β-unsaturated/α-hetero) is 1. The molecule has 4 N–H and O–H groups in total. The highest BCUT2D eigenvalue weighted by molar-refractivity contribution is 7.90. The number of rotatable bonds is 6. The molecule has 0 saturated carbocycles. The van der Waals surface area contributed by atoms with Crippen LogP contribution in [0.15, 0.2) is 41.4 Å². The quantitative estimate of drug-likeness (QED) is 0.347. The highest BCUT2D eigenvalue weighted by Crippen LogP contribution is 2.12. The minimum Gasteiger partial charge on any atom is -0.478 e. The van der Waals surface area contributed by atoms with Crippen molar-refractivity contribution in [2.24, 2.45) is 0 Å². The summed E-state index contributed by atoms with van der Waals surface area (Å²) in [6.45, 7) is 1.11. The van der Waals surface area contributed by atoms with Gasteiger partial charge in [-0.3, -0.25) is 14.6 Å². The number of carbonyl (C=O) groups excluding carboxylic acids is 2. The third kappa shape index (κ3) is 4.55. The van der Waals surface area contributed by atoms with Gasteiger partial charge in [-0.25, -0.2) is 17.9 Å². The lowest BCUT2D eigenvalue weighted by atomic mass is 9.76. The zero-order valence-corrected chi connectivity index (χ0v) is 14.6. The fraction of sp³-hybridized carbons (Fsp3) is 0.0667. The number of pyridine rings is 1.